The summed E-state index contributed by atoms with van der Waals surface area (Å²) in [5, 5.41) is 18.4. The van der Waals surface area contributed by atoms with Crippen molar-refractivity contribution in [3.05, 3.63) is 0 Å². The Morgan fingerprint density at radius 2 is 1.37 bits per heavy atom. The summed E-state index contributed by atoms with van der Waals surface area (Å²) in [4.78, 5) is 47.9. The fraction of sp³-hybridized carbons (Fsp3) is 0.765. The van der Waals surface area contributed by atoms with Gasteiger partial charge in [0.05, 0.1) is 0 Å². The second kappa shape index (κ2) is 6.97. The van der Waals surface area contributed by atoms with Crippen LogP contribution in [0.15, 0.2) is 0 Å². The zero-order chi connectivity index (χ0) is 21.4. The quantitative estimate of drug-likeness (QED) is 0.731. The summed E-state index contributed by atoms with van der Waals surface area (Å²) in [6.45, 7) is 8.95. The molecule has 9 nitrogen and oxygen atoms in total. The van der Waals surface area contributed by atoms with Crippen LogP contribution in [0.25, 0.3) is 0 Å². The van der Waals surface area contributed by atoms with Crippen LogP contribution in [-0.2, 0) is 19.1 Å². The number of alkyl halides is 1. The molecular weight excluding hydrogens is 365 g/mol. The Kier molecular flexibility index (Phi) is 5.85. The molecule has 1 unspecified atom stereocenters. The normalized spacial score (nSPS) is 24.7. The number of halogens is 1. The average Bonchev–Trinajstić information content (AvgIpc) is 3.00. The van der Waals surface area contributed by atoms with Crippen molar-refractivity contribution in [1.82, 2.24) is 4.90 Å². The molecule has 0 aromatic heterocycles. The second-order valence-corrected chi connectivity index (χ2v) is 8.50. The maximum Gasteiger partial charge on any atom is 0.420 e. The molecule has 1 fully saturated rings. The van der Waals surface area contributed by atoms with Crippen LogP contribution in [0.5, 0.6) is 0 Å². The van der Waals surface area contributed by atoms with Gasteiger partial charge >= 0.3 is 24.1 Å². The zero-order valence-electron chi connectivity index (χ0n) is 16.3. The molecule has 0 bridgehead atoms. The molecule has 2 N–H and O–H groups in total. The number of imide groups is 1. The number of aliphatic carboxylic acids is 2. The van der Waals surface area contributed by atoms with Gasteiger partial charge in [-0.05, 0) is 48.0 Å². The van der Waals surface area contributed by atoms with Crippen molar-refractivity contribution in [2.45, 2.75) is 83.2 Å². The van der Waals surface area contributed by atoms with Crippen LogP contribution in [0.2, 0.25) is 0 Å². The number of rotatable bonds is 5. The number of amides is 2. The largest absolute Gasteiger partial charge is 0.481 e. The van der Waals surface area contributed by atoms with Gasteiger partial charge in [0.15, 0.2) is 5.54 Å². The minimum absolute atomic E-state index is 0.119. The third-order valence-electron chi connectivity index (χ3n) is 3.78. The summed E-state index contributed by atoms with van der Waals surface area (Å²) < 4.78 is 25.3. The van der Waals surface area contributed by atoms with E-state index >= 15 is 4.39 Å². The van der Waals surface area contributed by atoms with Crippen LogP contribution in [0.3, 0.4) is 0 Å². The van der Waals surface area contributed by atoms with Crippen LogP contribution in [-0.4, -0.2) is 61.6 Å². The first kappa shape index (κ1) is 22.7. The van der Waals surface area contributed by atoms with Crippen molar-refractivity contribution >= 4 is 24.1 Å². The first-order chi connectivity index (χ1) is 12.0. The Balaban J connectivity index is 3.34. The highest BCUT2D eigenvalue weighted by atomic mass is 19.1. The topological polar surface area (TPSA) is 130 Å². The van der Waals surface area contributed by atoms with E-state index in [9.17, 15) is 24.3 Å². The predicted octanol–water partition coefficient (Wildman–Crippen LogP) is 2.96. The first-order valence-electron chi connectivity index (χ1n) is 8.35. The van der Waals surface area contributed by atoms with E-state index in [4.69, 9.17) is 14.6 Å². The number of carbonyl (C=O) groups is 4. The highest BCUT2D eigenvalue weighted by Gasteiger charge is 2.80. The molecule has 1 saturated carbocycles. The van der Waals surface area contributed by atoms with Crippen LogP contribution < -0.4 is 0 Å². The average molecular weight is 391 g/mol. The highest BCUT2D eigenvalue weighted by molar-refractivity contribution is 6.00. The Labute approximate surface area is 156 Å². The fourth-order valence-electron chi connectivity index (χ4n) is 2.61. The van der Waals surface area contributed by atoms with E-state index in [-0.39, 0.29) is 4.90 Å². The van der Waals surface area contributed by atoms with Crippen molar-refractivity contribution in [3.8, 4) is 0 Å². The first-order valence-corrected chi connectivity index (χ1v) is 8.35. The lowest BCUT2D eigenvalue weighted by atomic mass is 10.1. The SMILES string of the molecule is CC(C)(C)OC(=O)N(C(=O)OC(C)(C)C)C1(C(=O)O)C[C@@]1(F)CCC(=O)O. The van der Waals surface area contributed by atoms with E-state index in [2.05, 4.69) is 0 Å². The molecule has 0 aromatic rings. The number of ether oxygens (including phenoxy) is 2. The molecule has 0 radical (unpaired) electrons. The van der Waals surface area contributed by atoms with Gasteiger partial charge in [0, 0.05) is 12.8 Å². The number of nitrogens with zero attached hydrogens (tertiary/aromatic N) is 1. The lowest BCUT2D eigenvalue weighted by molar-refractivity contribution is -0.147. The molecule has 154 valence electrons. The van der Waals surface area contributed by atoms with Gasteiger partial charge in [-0.1, -0.05) is 0 Å². The van der Waals surface area contributed by atoms with E-state index in [0.29, 0.717) is 0 Å². The van der Waals surface area contributed by atoms with Gasteiger partial charge in [0.1, 0.15) is 16.9 Å². The second-order valence-electron chi connectivity index (χ2n) is 8.50. The van der Waals surface area contributed by atoms with Crippen molar-refractivity contribution in [2.24, 2.45) is 0 Å². The highest BCUT2D eigenvalue weighted by Crippen LogP contribution is 2.59. The molecule has 1 rings (SSSR count). The number of carbonyl (C=O) groups excluding carboxylic acids is 2. The molecule has 27 heavy (non-hydrogen) atoms. The van der Waals surface area contributed by atoms with Crippen LogP contribution in [0.1, 0.15) is 60.8 Å². The Morgan fingerprint density at radius 1 is 0.963 bits per heavy atom. The van der Waals surface area contributed by atoms with Crippen molar-refractivity contribution in [2.75, 3.05) is 0 Å². The van der Waals surface area contributed by atoms with E-state index < -0.39 is 65.8 Å². The van der Waals surface area contributed by atoms with E-state index in [1.807, 2.05) is 0 Å². The number of hydrogen-bond donors (Lipinski definition) is 2. The molecule has 1 aliphatic rings. The fourth-order valence-corrected chi connectivity index (χ4v) is 2.61. The summed E-state index contributed by atoms with van der Waals surface area (Å²) in [6.07, 6.45) is -4.86. The number of hydrogen-bond acceptors (Lipinski definition) is 6. The monoisotopic (exact) mass is 391 g/mol. The number of carboxylic acid groups (broad SMARTS) is 2. The maximum absolute atomic E-state index is 15.2. The Bertz CT molecular complexity index is 622. The molecule has 0 saturated heterocycles. The van der Waals surface area contributed by atoms with E-state index in [1.54, 1.807) is 0 Å². The number of carboxylic acids is 2. The molecular formula is C17H26FNO8. The van der Waals surface area contributed by atoms with Gasteiger partial charge in [-0.15, -0.1) is 0 Å². The van der Waals surface area contributed by atoms with Gasteiger partial charge in [0.25, 0.3) is 0 Å². The van der Waals surface area contributed by atoms with Crippen LogP contribution in [0.4, 0.5) is 14.0 Å². The van der Waals surface area contributed by atoms with Gasteiger partial charge in [-0.25, -0.2) is 18.8 Å². The lowest BCUT2D eigenvalue weighted by Crippen LogP contribution is -2.57. The van der Waals surface area contributed by atoms with Crippen LogP contribution >= 0.6 is 0 Å². The van der Waals surface area contributed by atoms with Crippen LogP contribution in [0, 0.1) is 0 Å². The summed E-state index contributed by atoms with van der Waals surface area (Å²) in [6, 6.07) is 0. The standard InChI is InChI=1S/C17H26FNO8/c1-14(2,3)26-12(24)19(13(25)27-15(4,5)6)17(11(22)23)9-16(17,18)8-7-10(20)21/h7-9H2,1-6H3,(H,20,21)(H,22,23)/t16-,17?/m0/s1. The Morgan fingerprint density at radius 3 is 1.67 bits per heavy atom. The maximum atomic E-state index is 15.2. The molecule has 2 amide bonds. The smallest absolute Gasteiger partial charge is 0.420 e. The zero-order valence-corrected chi connectivity index (χ0v) is 16.3. The minimum atomic E-state index is -2.61. The molecule has 10 heteroatoms. The minimum Gasteiger partial charge on any atom is -0.481 e. The van der Waals surface area contributed by atoms with Crippen molar-refractivity contribution < 1.29 is 43.3 Å². The predicted molar refractivity (Wildman–Crippen MR) is 90.0 cm³/mol. The molecule has 0 spiro atoms. The molecule has 0 aliphatic heterocycles. The lowest BCUT2D eigenvalue weighted by Gasteiger charge is -2.33. The summed E-state index contributed by atoms with van der Waals surface area (Å²) in [5.74, 6) is -3.12. The van der Waals surface area contributed by atoms with Gasteiger partial charge in [-0.2, -0.15) is 4.90 Å². The van der Waals surface area contributed by atoms with Gasteiger partial charge < -0.3 is 19.7 Å². The molecule has 0 aromatic carbocycles. The Hall–Kier alpha value is -2.39. The molecule has 2 atom stereocenters. The van der Waals surface area contributed by atoms with Gasteiger partial charge in [-0.3, -0.25) is 4.79 Å². The third-order valence-corrected chi connectivity index (χ3v) is 3.78. The van der Waals surface area contributed by atoms with Gasteiger partial charge in [0.2, 0.25) is 0 Å². The third kappa shape index (κ3) is 5.08. The van der Waals surface area contributed by atoms with E-state index in [1.165, 1.54) is 41.5 Å². The van der Waals surface area contributed by atoms with E-state index in [0.717, 1.165) is 0 Å². The summed E-state index contributed by atoms with van der Waals surface area (Å²) in [5.41, 5.74) is -7.38. The van der Waals surface area contributed by atoms with Crippen molar-refractivity contribution in [1.29, 1.82) is 0 Å². The summed E-state index contributed by atoms with van der Waals surface area (Å²) in [7, 11) is 0. The van der Waals surface area contributed by atoms with Crippen molar-refractivity contribution in [3.63, 3.8) is 0 Å². The molecule has 1 aliphatic carbocycles. The molecule has 0 heterocycles. The summed E-state index contributed by atoms with van der Waals surface area (Å²) >= 11 is 0.